The van der Waals surface area contributed by atoms with E-state index in [1.165, 1.54) is 0 Å². The number of aryl methyl sites for hydroxylation is 1. The number of ether oxygens (including phenoxy) is 1. The van der Waals surface area contributed by atoms with Gasteiger partial charge in [0.25, 0.3) is 5.91 Å². The van der Waals surface area contributed by atoms with Crippen molar-refractivity contribution in [2.45, 2.75) is 19.9 Å². The van der Waals surface area contributed by atoms with Gasteiger partial charge >= 0.3 is 5.97 Å². The second kappa shape index (κ2) is 5.01. The Balaban J connectivity index is 2.13. The molecule has 0 spiro atoms. The average Bonchev–Trinajstić information content (AvgIpc) is 2.72. The lowest BCUT2D eigenvalue weighted by Crippen LogP contribution is -2.49. The first kappa shape index (κ1) is 13.5. The number of rotatable bonds is 3. The number of hydrogen-bond acceptors (Lipinski definition) is 3. The molecule has 1 aromatic carbocycles. The lowest BCUT2D eigenvalue weighted by molar-refractivity contribution is -0.148. The number of hydrogen-bond donors (Lipinski definition) is 2. The highest BCUT2D eigenvalue weighted by atomic mass is 16.5. The SMILES string of the molecule is Cc1cccc(C(=O)NC2COCC2(C)C(=O)O)c1. The fraction of sp³-hybridized carbons (Fsp3) is 0.429. The molecule has 1 fully saturated rings. The number of amides is 1. The summed E-state index contributed by atoms with van der Waals surface area (Å²) in [5, 5.41) is 12.0. The zero-order chi connectivity index (χ0) is 14.0. The van der Waals surface area contributed by atoms with Crippen LogP contribution in [0.3, 0.4) is 0 Å². The third kappa shape index (κ3) is 2.61. The van der Waals surface area contributed by atoms with E-state index in [9.17, 15) is 14.7 Å². The van der Waals surface area contributed by atoms with Crippen LogP contribution in [0.5, 0.6) is 0 Å². The van der Waals surface area contributed by atoms with Gasteiger partial charge in [-0.3, -0.25) is 9.59 Å². The Morgan fingerprint density at radius 2 is 2.21 bits per heavy atom. The minimum atomic E-state index is -1.07. The molecule has 102 valence electrons. The average molecular weight is 263 g/mol. The molecule has 2 unspecified atom stereocenters. The van der Waals surface area contributed by atoms with Gasteiger partial charge in [-0.05, 0) is 26.0 Å². The molecule has 1 aliphatic rings. The van der Waals surface area contributed by atoms with Gasteiger partial charge in [0.05, 0.1) is 19.3 Å². The number of carboxylic acids is 1. The largest absolute Gasteiger partial charge is 0.481 e. The molecule has 1 saturated heterocycles. The predicted octanol–water partition coefficient (Wildman–Crippen LogP) is 1.21. The number of carbonyl (C=O) groups excluding carboxylic acids is 1. The Labute approximate surface area is 111 Å². The van der Waals surface area contributed by atoms with E-state index >= 15 is 0 Å². The topological polar surface area (TPSA) is 75.6 Å². The van der Waals surface area contributed by atoms with Crippen molar-refractivity contribution < 1.29 is 19.4 Å². The van der Waals surface area contributed by atoms with Gasteiger partial charge in [0.1, 0.15) is 5.41 Å². The van der Waals surface area contributed by atoms with Gasteiger partial charge in [0.15, 0.2) is 0 Å². The molecule has 5 heteroatoms. The van der Waals surface area contributed by atoms with Crippen LogP contribution in [0.15, 0.2) is 24.3 Å². The molecule has 0 aromatic heterocycles. The van der Waals surface area contributed by atoms with E-state index in [-0.39, 0.29) is 19.1 Å². The molecule has 2 rings (SSSR count). The van der Waals surface area contributed by atoms with Crippen LogP contribution in [-0.2, 0) is 9.53 Å². The summed E-state index contributed by atoms with van der Waals surface area (Å²) in [6, 6.07) is 6.65. The van der Waals surface area contributed by atoms with Crippen molar-refractivity contribution in [3.63, 3.8) is 0 Å². The van der Waals surface area contributed by atoms with E-state index < -0.39 is 17.4 Å². The molecular weight excluding hydrogens is 246 g/mol. The van der Waals surface area contributed by atoms with E-state index in [1.54, 1.807) is 25.1 Å². The summed E-state index contributed by atoms with van der Waals surface area (Å²) >= 11 is 0. The normalized spacial score (nSPS) is 26.1. The summed E-state index contributed by atoms with van der Waals surface area (Å²) < 4.78 is 5.20. The van der Waals surface area contributed by atoms with Crippen molar-refractivity contribution in [1.82, 2.24) is 5.32 Å². The van der Waals surface area contributed by atoms with Crippen LogP contribution in [0.2, 0.25) is 0 Å². The summed E-state index contributed by atoms with van der Waals surface area (Å²) in [4.78, 5) is 23.4. The van der Waals surface area contributed by atoms with Crippen molar-refractivity contribution in [2.24, 2.45) is 5.41 Å². The third-order valence-corrected chi connectivity index (χ3v) is 3.53. The molecule has 1 amide bonds. The standard InChI is InChI=1S/C14H17NO4/c1-9-4-3-5-10(6-9)12(16)15-11-7-19-8-14(11,2)13(17)18/h3-6,11H,7-8H2,1-2H3,(H,15,16)(H,17,18). The van der Waals surface area contributed by atoms with Gasteiger partial charge in [-0.25, -0.2) is 0 Å². The fourth-order valence-corrected chi connectivity index (χ4v) is 2.11. The summed E-state index contributed by atoms with van der Waals surface area (Å²) in [6.45, 7) is 3.82. The maximum absolute atomic E-state index is 12.1. The Hall–Kier alpha value is -1.88. The summed E-state index contributed by atoms with van der Waals surface area (Å²) in [6.07, 6.45) is 0. The summed E-state index contributed by atoms with van der Waals surface area (Å²) in [5.41, 5.74) is 0.440. The molecule has 2 N–H and O–H groups in total. The van der Waals surface area contributed by atoms with Crippen molar-refractivity contribution >= 4 is 11.9 Å². The smallest absolute Gasteiger partial charge is 0.313 e. The van der Waals surface area contributed by atoms with Gasteiger partial charge in [-0.15, -0.1) is 0 Å². The van der Waals surface area contributed by atoms with Crippen LogP contribution in [0.4, 0.5) is 0 Å². The van der Waals surface area contributed by atoms with Gasteiger partial charge in [0, 0.05) is 5.56 Å². The quantitative estimate of drug-likeness (QED) is 0.859. The van der Waals surface area contributed by atoms with Crippen LogP contribution in [-0.4, -0.2) is 36.2 Å². The first-order valence-corrected chi connectivity index (χ1v) is 6.12. The Morgan fingerprint density at radius 1 is 1.47 bits per heavy atom. The third-order valence-electron chi connectivity index (χ3n) is 3.53. The molecule has 1 aromatic rings. The highest BCUT2D eigenvalue weighted by Gasteiger charge is 2.47. The Morgan fingerprint density at radius 3 is 2.84 bits per heavy atom. The van der Waals surface area contributed by atoms with Crippen LogP contribution in [0.1, 0.15) is 22.8 Å². The second-order valence-corrected chi connectivity index (χ2v) is 5.13. The first-order valence-electron chi connectivity index (χ1n) is 6.12. The number of nitrogens with one attached hydrogen (secondary N) is 1. The van der Waals surface area contributed by atoms with E-state index in [4.69, 9.17) is 4.74 Å². The lowest BCUT2D eigenvalue weighted by atomic mass is 9.85. The van der Waals surface area contributed by atoms with Gasteiger partial charge in [-0.1, -0.05) is 17.7 Å². The molecule has 2 atom stereocenters. The maximum atomic E-state index is 12.1. The zero-order valence-electron chi connectivity index (χ0n) is 11.0. The second-order valence-electron chi connectivity index (χ2n) is 5.13. The van der Waals surface area contributed by atoms with E-state index in [0.717, 1.165) is 5.56 Å². The summed E-state index contributed by atoms with van der Waals surface area (Å²) in [5.74, 6) is -1.23. The highest BCUT2D eigenvalue weighted by molar-refractivity contribution is 5.95. The van der Waals surface area contributed by atoms with Crippen LogP contribution in [0, 0.1) is 12.3 Å². The monoisotopic (exact) mass is 263 g/mol. The van der Waals surface area contributed by atoms with Gasteiger partial charge < -0.3 is 15.2 Å². The molecule has 0 aliphatic carbocycles. The molecule has 0 radical (unpaired) electrons. The van der Waals surface area contributed by atoms with Crippen LogP contribution < -0.4 is 5.32 Å². The van der Waals surface area contributed by atoms with Crippen molar-refractivity contribution in [1.29, 1.82) is 0 Å². The lowest BCUT2D eigenvalue weighted by Gasteiger charge is -2.25. The minimum absolute atomic E-state index is 0.112. The van der Waals surface area contributed by atoms with Gasteiger partial charge in [-0.2, -0.15) is 0 Å². The fourth-order valence-electron chi connectivity index (χ4n) is 2.11. The minimum Gasteiger partial charge on any atom is -0.481 e. The molecule has 5 nitrogen and oxygen atoms in total. The number of benzene rings is 1. The number of carboxylic acid groups (broad SMARTS) is 1. The van der Waals surface area contributed by atoms with E-state index in [1.807, 2.05) is 13.0 Å². The zero-order valence-corrected chi connectivity index (χ0v) is 11.0. The summed E-state index contributed by atoms with van der Waals surface area (Å²) in [7, 11) is 0. The number of carbonyl (C=O) groups is 2. The molecule has 0 bridgehead atoms. The molecule has 0 saturated carbocycles. The van der Waals surface area contributed by atoms with E-state index in [0.29, 0.717) is 5.56 Å². The predicted molar refractivity (Wildman–Crippen MR) is 69.0 cm³/mol. The maximum Gasteiger partial charge on any atom is 0.313 e. The van der Waals surface area contributed by atoms with Crippen molar-refractivity contribution in [3.05, 3.63) is 35.4 Å². The molecule has 1 aliphatic heterocycles. The molecule has 19 heavy (non-hydrogen) atoms. The Kier molecular flexibility index (Phi) is 3.57. The number of aliphatic carboxylic acids is 1. The Bertz CT molecular complexity index is 514. The highest BCUT2D eigenvalue weighted by Crippen LogP contribution is 2.28. The molecular formula is C14H17NO4. The van der Waals surface area contributed by atoms with E-state index in [2.05, 4.69) is 5.32 Å². The van der Waals surface area contributed by atoms with Crippen molar-refractivity contribution in [2.75, 3.05) is 13.2 Å². The van der Waals surface area contributed by atoms with Crippen molar-refractivity contribution in [3.8, 4) is 0 Å². The van der Waals surface area contributed by atoms with Crippen LogP contribution in [0.25, 0.3) is 0 Å². The first-order chi connectivity index (χ1) is 8.93. The van der Waals surface area contributed by atoms with Gasteiger partial charge in [0.2, 0.25) is 0 Å². The van der Waals surface area contributed by atoms with Crippen LogP contribution >= 0.6 is 0 Å². The molecule has 1 heterocycles.